The number of rotatable bonds is 6. The molecule has 1 aromatic rings. The minimum Gasteiger partial charge on any atom is -0.374 e. The van der Waals surface area contributed by atoms with Crippen molar-refractivity contribution in [2.75, 3.05) is 13.2 Å². The zero-order valence-electron chi connectivity index (χ0n) is 11.8. The molecule has 2 heterocycles. The summed E-state index contributed by atoms with van der Waals surface area (Å²) >= 11 is 0. The fourth-order valence-electron chi connectivity index (χ4n) is 2.83. The summed E-state index contributed by atoms with van der Waals surface area (Å²) in [6, 6.07) is 0.345. The second-order valence-electron chi connectivity index (χ2n) is 5.21. The maximum atomic E-state index is 5.98. The minimum absolute atomic E-state index is 0.0411. The van der Waals surface area contributed by atoms with Crippen LogP contribution in [0.2, 0.25) is 0 Å². The highest BCUT2D eigenvalue weighted by Crippen LogP contribution is 2.30. The number of ether oxygens (including phenoxy) is 1. The lowest BCUT2D eigenvalue weighted by molar-refractivity contribution is -0.0117. The summed E-state index contributed by atoms with van der Waals surface area (Å²) < 4.78 is 8.19. The average Bonchev–Trinajstić information content (AvgIpc) is 2.98. The van der Waals surface area contributed by atoms with E-state index < -0.39 is 0 Å². The molecule has 4 nitrogen and oxygen atoms in total. The van der Waals surface area contributed by atoms with Crippen LogP contribution in [0, 0.1) is 0 Å². The predicted molar refractivity (Wildman–Crippen MR) is 72.7 cm³/mol. The van der Waals surface area contributed by atoms with Crippen molar-refractivity contribution in [3.05, 3.63) is 18.2 Å². The lowest BCUT2D eigenvalue weighted by Crippen LogP contribution is -2.50. The van der Waals surface area contributed by atoms with Gasteiger partial charge >= 0.3 is 0 Å². The molecule has 0 amide bonds. The monoisotopic (exact) mass is 251 g/mol. The molecule has 1 saturated heterocycles. The van der Waals surface area contributed by atoms with Gasteiger partial charge in [-0.05, 0) is 33.2 Å². The molecule has 0 bridgehead atoms. The first-order valence-electron chi connectivity index (χ1n) is 7.07. The summed E-state index contributed by atoms with van der Waals surface area (Å²) in [6.45, 7) is 9.37. The first-order chi connectivity index (χ1) is 8.69. The fraction of sp³-hybridized carbons (Fsp3) is 0.786. The molecule has 102 valence electrons. The summed E-state index contributed by atoms with van der Waals surface area (Å²) in [5, 5.41) is 3.58. The lowest BCUT2D eigenvalue weighted by Gasteiger charge is -2.34. The second-order valence-corrected chi connectivity index (χ2v) is 5.21. The molecule has 18 heavy (non-hydrogen) atoms. The van der Waals surface area contributed by atoms with Gasteiger partial charge in [-0.15, -0.1) is 0 Å². The second kappa shape index (κ2) is 5.85. The van der Waals surface area contributed by atoms with Gasteiger partial charge in [-0.1, -0.05) is 6.92 Å². The third kappa shape index (κ3) is 2.75. The summed E-state index contributed by atoms with van der Waals surface area (Å²) in [5.41, 5.74) is -0.0411. The van der Waals surface area contributed by atoms with Gasteiger partial charge in [0.1, 0.15) is 5.82 Å². The summed E-state index contributed by atoms with van der Waals surface area (Å²) in [5.74, 6) is 1.15. The van der Waals surface area contributed by atoms with Crippen LogP contribution in [-0.2, 0) is 17.7 Å². The topological polar surface area (TPSA) is 39.1 Å². The normalized spacial score (nSPS) is 25.5. The highest BCUT2D eigenvalue weighted by atomic mass is 16.5. The molecule has 1 aliphatic rings. The van der Waals surface area contributed by atoms with E-state index in [9.17, 15) is 0 Å². The Hall–Kier alpha value is -0.870. The summed E-state index contributed by atoms with van der Waals surface area (Å²) in [7, 11) is 0. The van der Waals surface area contributed by atoms with Crippen molar-refractivity contribution in [2.24, 2.45) is 0 Å². The van der Waals surface area contributed by atoms with Crippen molar-refractivity contribution >= 4 is 0 Å². The van der Waals surface area contributed by atoms with E-state index in [1.165, 1.54) is 6.42 Å². The van der Waals surface area contributed by atoms with E-state index in [1.807, 2.05) is 6.20 Å². The quantitative estimate of drug-likeness (QED) is 0.840. The molecule has 1 aromatic heterocycles. The van der Waals surface area contributed by atoms with Gasteiger partial charge in [0.15, 0.2) is 0 Å². The van der Waals surface area contributed by atoms with Crippen LogP contribution in [-0.4, -0.2) is 34.3 Å². The number of hydrogen-bond acceptors (Lipinski definition) is 3. The summed E-state index contributed by atoms with van der Waals surface area (Å²) in [4.78, 5) is 4.48. The zero-order chi connectivity index (χ0) is 13.0. The first-order valence-corrected chi connectivity index (χ1v) is 7.07. The van der Waals surface area contributed by atoms with E-state index in [0.717, 1.165) is 38.4 Å². The van der Waals surface area contributed by atoms with Crippen LogP contribution >= 0.6 is 0 Å². The first kappa shape index (κ1) is 13.6. The molecule has 2 rings (SSSR count). The lowest BCUT2D eigenvalue weighted by atomic mass is 9.90. The van der Waals surface area contributed by atoms with Gasteiger partial charge in [0.25, 0.3) is 0 Å². The fourth-order valence-corrected chi connectivity index (χ4v) is 2.83. The van der Waals surface area contributed by atoms with Gasteiger partial charge in [0.05, 0.1) is 5.60 Å². The Kier molecular flexibility index (Phi) is 4.40. The van der Waals surface area contributed by atoms with Gasteiger partial charge in [0, 0.05) is 38.0 Å². The van der Waals surface area contributed by atoms with Gasteiger partial charge in [0.2, 0.25) is 0 Å². The number of nitrogens with zero attached hydrogens (tertiary/aromatic N) is 2. The molecule has 4 heteroatoms. The number of aryl methyl sites for hydroxylation is 1. The molecule has 0 aromatic carbocycles. The Morgan fingerprint density at radius 2 is 2.39 bits per heavy atom. The highest BCUT2D eigenvalue weighted by Gasteiger charge is 2.38. The molecule has 1 N–H and O–H groups in total. The third-order valence-electron chi connectivity index (χ3n) is 3.97. The molecule has 2 unspecified atom stereocenters. The number of imidazole rings is 1. The van der Waals surface area contributed by atoms with Crippen molar-refractivity contribution in [1.29, 1.82) is 0 Å². The average molecular weight is 251 g/mol. The molecule has 1 aliphatic heterocycles. The van der Waals surface area contributed by atoms with Crippen molar-refractivity contribution < 1.29 is 4.74 Å². The Balaban J connectivity index is 2.11. The molecular weight excluding hydrogens is 226 g/mol. The van der Waals surface area contributed by atoms with Crippen LogP contribution in [0.5, 0.6) is 0 Å². The Bertz CT molecular complexity index is 369. The largest absolute Gasteiger partial charge is 0.374 e. The van der Waals surface area contributed by atoms with Crippen LogP contribution in [0.25, 0.3) is 0 Å². The van der Waals surface area contributed by atoms with Gasteiger partial charge in [-0.2, -0.15) is 0 Å². The number of aromatic nitrogens is 2. The van der Waals surface area contributed by atoms with E-state index in [0.29, 0.717) is 6.04 Å². The zero-order valence-corrected chi connectivity index (χ0v) is 11.8. The van der Waals surface area contributed by atoms with Crippen molar-refractivity contribution in [3.63, 3.8) is 0 Å². The SMILES string of the molecule is CCNC(Cc1nccn1CC)C1(C)CCCO1. The van der Waals surface area contributed by atoms with Crippen LogP contribution < -0.4 is 5.32 Å². The van der Waals surface area contributed by atoms with E-state index in [-0.39, 0.29) is 5.60 Å². The Morgan fingerprint density at radius 3 is 3.00 bits per heavy atom. The molecule has 0 saturated carbocycles. The van der Waals surface area contributed by atoms with Crippen LogP contribution in [0.4, 0.5) is 0 Å². The number of likely N-dealkylation sites (N-methyl/N-ethyl adjacent to an activating group) is 1. The molecular formula is C14H25N3O. The Morgan fingerprint density at radius 1 is 1.56 bits per heavy atom. The van der Waals surface area contributed by atoms with Gasteiger partial charge in [-0.25, -0.2) is 4.98 Å². The number of nitrogens with one attached hydrogen (secondary N) is 1. The van der Waals surface area contributed by atoms with Crippen molar-refractivity contribution in [3.8, 4) is 0 Å². The van der Waals surface area contributed by atoms with E-state index >= 15 is 0 Å². The maximum Gasteiger partial charge on any atom is 0.110 e. The molecule has 1 fully saturated rings. The molecule has 0 aliphatic carbocycles. The van der Waals surface area contributed by atoms with E-state index in [2.05, 4.69) is 41.8 Å². The maximum absolute atomic E-state index is 5.98. The van der Waals surface area contributed by atoms with Gasteiger partial charge in [-0.3, -0.25) is 0 Å². The molecule has 2 atom stereocenters. The van der Waals surface area contributed by atoms with E-state index in [1.54, 1.807) is 0 Å². The van der Waals surface area contributed by atoms with Gasteiger partial charge < -0.3 is 14.6 Å². The summed E-state index contributed by atoms with van der Waals surface area (Å²) in [6.07, 6.45) is 7.18. The highest BCUT2D eigenvalue weighted by molar-refractivity contribution is 5.02. The van der Waals surface area contributed by atoms with Crippen LogP contribution in [0.15, 0.2) is 12.4 Å². The molecule has 0 spiro atoms. The van der Waals surface area contributed by atoms with Crippen LogP contribution in [0.1, 0.15) is 39.4 Å². The van der Waals surface area contributed by atoms with Crippen molar-refractivity contribution in [2.45, 2.75) is 58.2 Å². The minimum atomic E-state index is -0.0411. The van der Waals surface area contributed by atoms with Crippen LogP contribution in [0.3, 0.4) is 0 Å². The predicted octanol–water partition coefficient (Wildman–Crippen LogP) is 1.99. The van der Waals surface area contributed by atoms with E-state index in [4.69, 9.17) is 4.74 Å². The van der Waals surface area contributed by atoms with Crippen molar-refractivity contribution in [1.82, 2.24) is 14.9 Å². The Labute approximate surface area is 110 Å². The molecule has 0 radical (unpaired) electrons. The third-order valence-corrected chi connectivity index (χ3v) is 3.97. The smallest absolute Gasteiger partial charge is 0.110 e. The standard InChI is InChI=1S/C14H25N3O/c1-4-15-12(14(3)7-6-10-18-14)11-13-16-8-9-17(13)5-2/h8-9,12,15H,4-7,10-11H2,1-3H3. The number of hydrogen-bond donors (Lipinski definition) is 1.